The number of alkyl halides is 1. The molecule has 3 atom stereocenters. The van der Waals surface area contributed by atoms with Gasteiger partial charge in [0.15, 0.2) is 0 Å². The molecule has 0 spiro atoms. The third-order valence-corrected chi connectivity index (χ3v) is 4.44. The molecule has 4 N–H and O–H groups in total. The molecule has 0 aromatic heterocycles. The summed E-state index contributed by atoms with van der Waals surface area (Å²) in [4.78, 5) is 25.5. The number of para-hydroxylation sites is 1. The van der Waals surface area contributed by atoms with Gasteiger partial charge in [0.25, 0.3) is 0 Å². The van der Waals surface area contributed by atoms with E-state index in [4.69, 9.17) is 11.6 Å². The number of amides is 2. The Labute approximate surface area is 167 Å². The van der Waals surface area contributed by atoms with Crippen molar-refractivity contribution in [2.45, 2.75) is 52.3 Å². The van der Waals surface area contributed by atoms with Crippen LogP contribution in [0.3, 0.4) is 0 Å². The van der Waals surface area contributed by atoms with Gasteiger partial charge in [-0.25, -0.2) is 0 Å². The fraction of sp³-hybridized carbons (Fsp3) is 0.600. The first-order valence-electron chi connectivity index (χ1n) is 9.38. The van der Waals surface area contributed by atoms with Crippen LogP contribution in [0.15, 0.2) is 30.3 Å². The summed E-state index contributed by atoms with van der Waals surface area (Å²) in [5, 5.41) is 18.4. The molecular formula is C20H32ClN3O3. The Hall–Kier alpha value is -1.63. The third kappa shape index (κ3) is 8.73. The third-order valence-electron chi connectivity index (χ3n) is 4.08. The van der Waals surface area contributed by atoms with Crippen LogP contribution in [0.2, 0.25) is 0 Å². The van der Waals surface area contributed by atoms with Crippen LogP contribution in [0.5, 0.6) is 0 Å². The van der Waals surface area contributed by atoms with Gasteiger partial charge in [-0.2, -0.15) is 0 Å². The Balaban J connectivity index is 2.80. The zero-order chi connectivity index (χ0) is 20.4. The van der Waals surface area contributed by atoms with Crippen LogP contribution in [0.1, 0.15) is 34.1 Å². The summed E-state index contributed by atoms with van der Waals surface area (Å²) in [6.07, 6.45) is -0.201. The van der Waals surface area contributed by atoms with E-state index in [-0.39, 0.29) is 36.1 Å². The summed E-state index contributed by atoms with van der Waals surface area (Å²) in [5.41, 5.74) is 0.689. The minimum absolute atomic E-state index is 0.00981. The predicted molar refractivity (Wildman–Crippen MR) is 110 cm³/mol. The highest BCUT2D eigenvalue weighted by molar-refractivity contribution is 6.18. The maximum Gasteiger partial charge on any atom is 0.246 e. The summed E-state index contributed by atoms with van der Waals surface area (Å²) < 4.78 is 0. The van der Waals surface area contributed by atoms with Gasteiger partial charge < -0.3 is 21.1 Å². The van der Waals surface area contributed by atoms with Crippen molar-refractivity contribution < 1.29 is 14.7 Å². The van der Waals surface area contributed by atoms with E-state index in [1.807, 2.05) is 45.9 Å². The lowest BCUT2D eigenvalue weighted by atomic mass is 10.0. The average Bonchev–Trinajstić information content (AvgIpc) is 2.61. The molecule has 0 bridgehead atoms. The normalized spacial score (nSPS) is 14.7. The molecule has 27 heavy (non-hydrogen) atoms. The summed E-state index contributed by atoms with van der Waals surface area (Å²) in [6, 6.07) is 7.99. The number of halogens is 1. The van der Waals surface area contributed by atoms with Gasteiger partial charge in [-0.15, -0.1) is 11.6 Å². The standard InChI is InChI=1S/C20H32ClN3O3/c1-13(2)10-17(19(26)23-15-8-6-5-7-9-15)24-20(27)18(14(3)4)22-12-16(25)11-21/h5-9,13-14,16-18,22,25H,10-12H2,1-4H3,(H,23,26)(H,24,27)/t16?,17-,18+/m0/s1/i3+1,4+1,14+1,18+1,20+1,22+1. The van der Waals surface area contributed by atoms with E-state index in [1.165, 1.54) is 0 Å². The quantitative estimate of drug-likeness (QED) is 0.259. The number of rotatable bonds is 11. The van der Waals surface area contributed by atoms with Gasteiger partial charge in [0, 0.05) is 18.1 Å². The van der Waals surface area contributed by atoms with Crippen LogP contribution < -0.4 is 16.0 Å². The second-order valence-corrected chi connectivity index (χ2v) is 7.79. The molecule has 0 aliphatic rings. The molecule has 1 aromatic carbocycles. The number of aliphatic hydroxyl groups excluding tert-OH is 1. The predicted octanol–water partition coefficient (Wildman–Crippen LogP) is 2.37. The molecule has 2 amide bonds. The molecule has 0 aliphatic heterocycles. The highest BCUT2D eigenvalue weighted by Crippen LogP contribution is 2.11. The molecule has 0 fully saturated rings. The Kier molecular flexibility index (Phi) is 10.4. The molecule has 1 aromatic rings. The minimum atomic E-state index is -0.728. The number of carbonyl (C=O) groups excluding carboxylic acids is 2. The van der Waals surface area contributed by atoms with Crippen LogP contribution in [-0.4, -0.2) is 47.5 Å². The van der Waals surface area contributed by atoms with E-state index in [0.29, 0.717) is 12.1 Å². The monoisotopic (exact) mass is 403 g/mol. The Bertz CT molecular complexity index is 581. The lowest BCUT2D eigenvalue weighted by Crippen LogP contribution is -2.54. The second-order valence-electron chi connectivity index (χ2n) is 7.48. The topological polar surface area (TPSA) is 90.5 Å². The fourth-order valence-corrected chi connectivity index (χ4v) is 2.77. The number of nitrogens with one attached hydrogen (secondary N) is 3. The van der Waals surface area contributed by atoms with E-state index < -0.39 is 18.2 Å². The maximum atomic E-state index is 12.8. The molecule has 7 heteroatoms. The number of aliphatic hydroxyl groups is 1. The first-order chi connectivity index (χ1) is 12.7. The van der Waals surface area contributed by atoms with Crippen molar-refractivity contribution in [3.8, 4) is 0 Å². The minimum Gasteiger partial charge on any atom is -0.391 e. The summed E-state index contributed by atoms with van der Waals surface area (Å²) in [5.74, 6) is -0.188. The molecule has 6 nitrogen and oxygen atoms in total. The smallest absolute Gasteiger partial charge is 0.246 e. The highest BCUT2D eigenvalue weighted by Gasteiger charge is 2.28. The second kappa shape index (κ2) is 12.0. The van der Waals surface area contributed by atoms with E-state index in [2.05, 4.69) is 16.0 Å². The number of hydrogen-bond acceptors (Lipinski definition) is 4. The van der Waals surface area contributed by atoms with Crippen LogP contribution >= 0.6 is 11.6 Å². The van der Waals surface area contributed by atoms with Crippen molar-refractivity contribution >= 4 is 29.1 Å². The molecule has 0 saturated heterocycles. The first kappa shape index (κ1) is 23.4. The number of carbonyl (C=O) groups is 2. The van der Waals surface area contributed by atoms with Gasteiger partial charge in [-0.1, -0.05) is 45.9 Å². The van der Waals surface area contributed by atoms with Gasteiger partial charge in [0.1, 0.15) is 6.04 Å². The molecule has 0 radical (unpaired) electrons. The molecule has 0 saturated carbocycles. The zero-order valence-corrected chi connectivity index (χ0v) is 17.3. The van der Waals surface area contributed by atoms with E-state index in [1.54, 1.807) is 12.1 Å². The van der Waals surface area contributed by atoms with Gasteiger partial charge in [-0.05, 0) is 30.4 Å². The number of hydrogen-bond donors (Lipinski definition) is 4. The average molecular weight is 404 g/mol. The van der Waals surface area contributed by atoms with Crippen LogP contribution in [-0.2, 0) is 9.59 Å². The zero-order valence-electron chi connectivity index (χ0n) is 16.5. The number of benzene rings is 1. The molecule has 0 aliphatic carbocycles. The largest absolute Gasteiger partial charge is 0.391 e. The van der Waals surface area contributed by atoms with Gasteiger partial charge >= 0.3 is 0 Å². The highest BCUT2D eigenvalue weighted by atomic mass is 35.5. The van der Waals surface area contributed by atoms with E-state index in [0.717, 1.165) is 0 Å². The van der Waals surface area contributed by atoms with Crippen molar-refractivity contribution in [1.29, 1.82) is 0 Å². The van der Waals surface area contributed by atoms with E-state index in [9.17, 15) is 14.7 Å². The van der Waals surface area contributed by atoms with Crippen LogP contribution in [0.4, 0.5) is 5.69 Å². The van der Waals surface area contributed by atoms with Crippen LogP contribution in [0.25, 0.3) is 0 Å². The van der Waals surface area contributed by atoms with Crippen molar-refractivity contribution in [1.82, 2.24) is 10.6 Å². The van der Waals surface area contributed by atoms with Gasteiger partial charge in [-0.3, -0.25) is 9.59 Å². The Morgan fingerprint density at radius 1 is 1.07 bits per heavy atom. The van der Waals surface area contributed by atoms with Crippen molar-refractivity contribution in [2.75, 3.05) is 17.7 Å². The first-order valence-corrected chi connectivity index (χ1v) is 9.91. The fourth-order valence-electron chi connectivity index (χ4n) is 2.66. The number of anilines is 1. The summed E-state index contributed by atoms with van der Waals surface area (Å²) in [6.45, 7) is 8.04. The Morgan fingerprint density at radius 2 is 1.70 bits per heavy atom. The lowest BCUT2D eigenvalue weighted by molar-refractivity contribution is -0.129. The molecule has 1 unspecified atom stereocenters. The van der Waals surface area contributed by atoms with Crippen molar-refractivity contribution in [3.63, 3.8) is 0 Å². The van der Waals surface area contributed by atoms with Gasteiger partial charge in [0.2, 0.25) is 11.8 Å². The van der Waals surface area contributed by atoms with Crippen molar-refractivity contribution in [2.24, 2.45) is 11.8 Å². The van der Waals surface area contributed by atoms with E-state index >= 15 is 0 Å². The molecular weight excluding hydrogens is 372 g/mol. The van der Waals surface area contributed by atoms with Crippen molar-refractivity contribution in [3.05, 3.63) is 30.3 Å². The molecule has 0 heterocycles. The summed E-state index contributed by atoms with van der Waals surface area (Å²) >= 11 is 5.61. The van der Waals surface area contributed by atoms with Crippen LogP contribution in [0, 0.1) is 11.8 Å². The lowest BCUT2D eigenvalue weighted by Gasteiger charge is -2.26. The SMILES string of the molecule is CC(C)C[C@H](N[13C](=O)[13C@H]([15NH]CC(O)CCl)[13CH]([13CH3])[13CH3])C(=O)Nc1ccccc1. The maximum absolute atomic E-state index is 12.8. The molecule has 1 rings (SSSR count). The molecule has 152 valence electrons. The Morgan fingerprint density at radius 3 is 2.22 bits per heavy atom. The summed E-state index contributed by atoms with van der Waals surface area (Å²) in [7, 11) is 0. The van der Waals surface area contributed by atoms with Gasteiger partial charge in [0.05, 0.1) is 12.1 Å².